The topological polar surface area (TPSA) is 78.4 Å². The number of rotatable bonds is 3. The lowest BCUT2D eigenvalue weighted by atomic mass is 10.1. The normalized spacial score (nSPS) is 10.0. The van der Waals surface area contributed by atoms with Crippen molar-refractivity contribution in [3.63, 3.8) is 0 Å². The van der Waals surface area contributed by atoms with Gasteiger partial charge in [0.1, 0.15) is 0 Å². The minimum absolute atomic E-state index is 0.161. The summed E-state index contributed by atoms with van der Waals surface area (Å²) in [5, 5.41) is 14.4. The van der Waals surface area contributed by atoms with E-state index in [1.165, 1.54) is 6.07 Å². The number of nitrogens with one attached hydrogen (secondary N) is 2. The van der Waals surface area contributed by atoms with Gasteiger partial charge in [-0.05, 0) is 52.7 Å². The quantitative estimate of drug-likeness (QED) is 0.781. The second kappa shape index (κ2) is 6.41. The summed E-state index contributed by atoms with van der Waals surface area (Å²) >= 11 is 3.34. The standard InChI is InChI=1S/C15H13BrN2O3/c1-9-10(14(19)20)5-4-8-12(9)17-15(21)18-13-7-3-2-6-11(13)16/h2-8H,1H3,(H,19,20)(H2,17,18,21). The highest BCUT2D eigenvalue weighted by molar-refractivity contribution is 9.10. The van der Waals surface area contributed by atoms with Gasteiger partial charge in [0.25, 0.3) is 0 Å². The first-order valence-electron chi connectivity index (χ1n) is 6.14. The fraction of sp³-hybridized carbons (Fsp3) is 0.0667. The molecule has 0 heterocycles. The molecule has 2 rings (SSSR count). The number of hydrogen-bond donors (Lipinski definition) is 3. The first kappa shape index (κ1) is 15.1. The Balaban J connectivity index is 2.15. The van der Waals surface area contributed by atoms with Crippen molar-refractivity contribution < 1.29 is 14.7 Å². The molecular weight excluding hydrogens is 336 g/mol. The summed E-state index contributed by atoms with van der Waals surface area (Å²) < 4.78 is 0.760. The molecule has 0 atom stereocenters. The number of aromatic carboxylic acids is 1. The van der Waals surface area contributed by atoms with Gasteiger partial charge in [-0.2, -0.15) is 0 Å². The zero-order chi connectivity index (χ0) is 15.4. The molecule has 2 aromatic rings. The number of carbonyl (C=O) groups is 2. The van der Waals surface area contributed by atoms with Crippen molar-refractivity contribution in [2.24, 2.45) is 0 Å². The molecule has 0 fully saturated rings. The Kier molecular flexibility index (Phi) is 4.59. The van der Waals surface area contributed by atoms with Crippen LogP contribution in [-0.4, -0.2) is 17.1 Å². The average molecular weight is 349 g/mol. The van der Waals surface area contributed by atoms with Gasteiger partial charge in [0, 0.05) is 10.2 Å². The number of hydrogen-bond acceptors (Lipinski definition) is 2. The maximum atomic E-state index is 12.0. The van der Waals surface area contributed by atoms with Gasteiger partial charge in [0.15, 0.2) is 0 Å². The Morgan fingerprint density at radius 2 is 1.62 bits per heavy atom. The number of carboxylic acid groups (broad SMARTS) is 1. The van der Waals surface area contributed by atoms with Gasteiger partial charge in [-0.25, -0.2) is 9.59 Å². The largest absolute Gasteiger partial charge is 0.478 e. The molecule has 0 unspecified atom stereocenters. The van der Waals surface area contributed by atoms with E-state index in [-0.39, 0.29) is 5.56 Å². The third kappa shape index (κ3) is 3.61. The predicted octanol–water partition coefficient (Wildman–Crippen LogP) is 4.10. The van der Waals surface area contributed by atoms with Crippen LogP contribution < -0.4 is 10.6 Å². The maximum Gasteiger partial charge on any atom is 0.336 e. The number of carbonyl (C=O) groups excluding carboxylic acids is 1. The Morgan fingerprint density at radius 3 is 2.29 bits per heavy atom. The van der Waals surface area contributed by atoms with Crippen molar-refractivity contribution in [2.45, 2.75) is 6.92 Å². The van der Waals surface area contributed by atoms with Crippen LogP contribution >= 0.6 is 15.9 Å². The third-order valence-electron chi connectivity index (χ3n) is 2.93. The monoisotopic (exact) mass is 348 g/mol. The molecule has 2 amide bonds. The van der Waals surface area contributed by atoms with Crippen LogP contribution in [0, 0.1) is 6.92 Å². The molecule has 108 valence electrons. The van der Waals surface area contributed by atoms with Gasteiger partial charge in [-0.3, -0.25) is 0 Å². The molecular formula is C15H13BrN2O3. The first-order chi connectivity index (χ1) is 9.99. The van der Waals surface area contributed by atoms with Crippen LogP contribution in [0.5, 0.6) is 0 Å². The van der Waals surface area contributed by atoms with Crippen molar-refractivity contribution in [1.82, 2.24) is 0 Å². The molecule has 0 radical (unpaired) electrons. The Hall–Kier alpha value is -2.34. The molecule has 21 heavy (non-hydrogen) atoms. The summed E-state index contributed by atoms with van der Waals surface area (Å²) in [5.74, 6) is -1.03. The summed E-state index contributed by atoms with van der Waals surface area (Å²) in [5.41, 5.74) is 1.75. The molecule has 0 bridgehead atoms. The zero-order valence-corrected chi connectivity index (χ0v) is 12.8. The van der Waals surface area contributed by atoms with Crippen LogP contribution in [0.3, 0.4) is 0 Å². The molecule has 0 aromatic heterocycles. The number of benzene rings is 2. The minimum atomic E-state index is -1.03. The number of halogens is 1. The lowest BCUT2D eigenvalue weighted by molar-refractivity contribution is 0.0696. The van der Waals surface area contributed by atoms with E-state index < -0.39 is 12.0 Å². The number of urea groups is 1. The number of anilines is 2. The number of para-hydroxylation sites is 1. The van der Waals surface area contributed by atoms with Crippen LogP contribution in [0.1, 0.15) is 15.9 Å². The van der Waals surface area contributed by atoms with Gasteiger partial charge >= 0.3 is 12.0 Å². The predicted molar refractivity (Wildman–Crippen MR) is 84.9 cm³/mol. The zero-order valence-electron chi connectivity index (χ0n) is 11.2. The van der Waals surface area contributed by atoms with Crippen LogP contribution in [0.15, 0.2) is 46.9 Å². The highest BCUT2D eigenvalue weighted by Gasteiger charge is 2.12. The van der Waals surface area contributed by atoms with Crippen molar-refractivity contribution in [2.75, 3.05) is 10.6 Å². The van der Waals surface area contributed by atoms with Gasteiger partial charge in [-0.15, -0.1) is 0 Å². The second-order valence-corrected chi connectivity index (χ2v) is 5.20. The van der Waals surface area contributed by atoms with Crippen LogP contribution in [-0.2, 0) is 0 Å². The SMILES string of the molecule is Cc1c(NC(=O)Nc2ccccc2Br)cccc1C(=O)O. The van der Waals surface area contributed by atoms with E-state index >= 15 is 0 Å². The highest BCUT2D eigenvalue weighted by Crippen LogP contribution is 2.22. The van der Waals surface area contributed by atoms with Crippen LogP contribution in [0.25, 0.3) is 0 Å². The van der Waals surface area contributed by atoms with E-state index in [1.54, 1.807) is 31.2 Å². The Bertz CT molecular complexity index is 701. The molecule has 3 N–H and O–H groups in total. The second-order valence-electron chi connectivity index (χ2n) is 4.34. The molecule has 0 saturated carbocycles. The van der Waals surface area contributed by atoms with Gasteiger partial charge in [-0.1, -0.05) is 18.2 Å². The van der Waals surface area contributed by atoms with E-state index in [1.807, 2.05) is 12.1 Å². The fourth-order valence-corrected chi connectivity index (χ4v) is 2.23. The molecule has 0 aliphatic heterocycles. The summed E-state index contributed by atoms with van der Waals surface area (Å²) in [6.07, 6.45) is 0. The molecule has 0 aliphatic carbocycles. The van der Waals surface area contributed by atoms with E-state index in [4.69, 9.17) is 5.11 Å². The molecule has 0 saturated heterocycles. The van der Waals surface area contributed by atoms with Crippen LogP contribution in [0.2, 0.25) is 0 Å². The minimum Gasteiger partial charge on any atom is -0.478 e. The lowest BCUT2D eigenvalue weighted by Gasteiger charge is -2.12. The van der Waals surface area contributed by atoms with E-state index in [2.05, 4.69) is 26.6 Å². The molecule has 2 aromatic carbocycles. The molecule has 0 aliphatic rings. The third-order valence-corrected chi connectivity index (χ3v) is 3.63. The molecule has 6 heteroatoms. The van der Waals surface area contributed by atoms with E-state index in [9.17, 15) is 9.59 Å². The average Bonchev–Trinajstić information content (AvgIpc) is 2.43. The maximum absolute atomic E-state index is 12.0. The molecule has 0 spiro atoms. The van der Waals surface area contributed by atoms with Gasteiger partial charge < -0.3 is 15.7 Å². The summed E-state index contributed by atoms with van der Waals surface area (Å²) in [6, 6.07) is 11.5. The summed E-state index contributed by atoms with van der Waals surface area (Å²) in [4.78, 5) is 23.0. The highest BCUT2D eigenvalue weighted by atomic mass is 79.9. The summed E-state index contributed by atoms with van der Waals surface area (Å²) in [6.45, 7) is 1.65. The van der Waals surface area contributed by atoms with Gasteiger partial charge in [0.2, 0.25) is 0 Å². The first-order valence-corrected chi connectivity index (χ1v) is 6.94. The van der Waals surface area contributed by atoms with Crippen molar-refractivity contribution in [1.29, 1.82) is 0 Å². The van der Waals surface area contributed by atoms with Crippen molar-refractivity contribution in [3.05, 3.63) is 58.1 Å². The van der Waals surface area contributed by atoms with Crippen molar-refractivity contribution in [3.8, 4) is 0 Å². The van der Waals surface area contributed by atoms with E-state index in [0.29, 0.717) is 16.9 Å². The fourth-order valence-electron chi connectivity index (χ4n) is 1.84. The number of carboxylic acids is 1. The van der Waals surface area contributed by atoms with E-state index in [0.717, 1.165) is 4.47 Å². The van der Waals surface area contributed by atoms with Crippen molar-refractivity contribution >= 4 is 39.3 Å². The smallest absolute Gasteiger partial charge is 0.336 e. The summed E-state index contributed by atoms with van der Waals surface area (Å²) in [7, 11) is 0. The Labute approximate surface area is 130 Å². The Morgan fingerprint density at radius 1 is 1.00 bits per heavy atom. The lowest BCUT2D eigenvalue weighted by Crippen LogP contribution is -2.20. The molecule has 5 nitrogen and oxygen atoms in total. The number of amides is 2. The van der Waals surface area contributed by atoms with Gasteiger partial charge in [0.05, 0.1) is 11.3 Å². The van der Waals surface area contributed by atoms with Crippen LogP contribution in [0.4, 0.5) is 16.2 Å².